The number of halogens is 2. The number of sulfonamides is 1. The second kappa shape index (κ2) is 5.52. The molecule has 1 aromatic rings. The van der Waals surface area contributed by atoms with Crippen LogP contribution in [0.2, 0.25) is 0 Å². The third kappa shape index (κ3) is 2.93. The molecule has 2 rings (SSSR count). The van der Waals surface area contributed by atoms with Gasteiger partial charge >= 0.3 is 0 Å². The minimum atomic E-state index is -3.87. The summed E-state index contributed by atoms with van der Waals surface area (Å²) in [4.78, 5) is -0.459. The van der Waals surface area contributed by atoms with Gasteiger partial charge in [0, 0.05) is 19.2 Å². The van der Waals surface area contributed by atoms with Crippen molar-refractivity contribution in [2.75, 3.05) is 26.7 Å². The highest BCUT2D eigenvalue weighted by Gasteiger charge is 2.33. The maximum Gasteiger partial charge on any atom is 0.245 e. The maximum absolute atomic E-state index is 13.6. The van der Waals surface area contributed by atoms with Gasteiger partial charge in [0.15, 0.2) is 0 Å². The Kier molecular flexibility index (Phi) is 4.17. The summed E-state index contributed by atoms with van der Waals surface area (Å²) < 4.78 is 52.2. The normalized spacial score (nSPS) is 20.9. The Bertz CT molecular complexity index is 563. The Hall–Kier alpha value is -1.05. The molecule has 0 radical (unpaired) electrons. The summed E-state index contributed by atoms with van der Waals surface area (Å²) in [5.41, 5.74) is 0. The Morgan fingerprint density at radius 1 is 1.42 bits per heavy atom. The summed E-state index contributed by atoms with van der Waals surface area (Å²) in [6, 6.07) is 2.52. The van der Waals surface area contributed by atoms with E-state index in [1.165, 1.54) is 4.31 Å². The molecule has 0 amide bonds. The van der Waals surface area contributed by atoms with Crippen LogP contribution >= 0.6 is 0 Å². The number of nitrogens with zero attached hydrogens (tertiary/aromatic N) is 1. The molecular weight excluding hydrogens is 274 g/mol. The van der Waals surface area contributed by atoms with Gasteiger partial charge in [0.1, 0.15) is 16.5 Å². The summed E-state index contributed by atoms with van der Waals surface area (Å²) in [6.07, 6.45) is 0.739. The fourth-order valence-corrected chi connectivity index (χ4v) is 3.87. The van der Waals surface area contributed by atoms with E-state index < -0.39 is 26.6 Å². The number of rotatable bonds is 4. The fraction of sp³-hybridized carbons (Fsp3) is 0.500. The molecule has 1 N–H and O–H groups in total. The smallest absolute Gasteiger partial charge is 0.245 e. The zero-order valence-electron chi connectivity index (χ0n) is 10.6. The van der Waals surface area contributed by atoms with Crippen LogP contribution in [0.25, 0.3) is 0 Å². The molecule has 0 saturated carbocycles. The van der Waals surface area contributed by atoms with Crippen molar-refractivity contribution < 1.29 is 17.2 Å². The lowest BCUT2D eigenvalue weighted by Gasteiger charge is -2.17. The molecule has 0 aliphatic carbocycles. The molecule has 1 aliphatic rings. The van der Waals surface area contributed by atoms with Gasteiger partial charge in [-0.15, -0.1) is 0 Å². The van der Waals surface area contributed by atoms with Gasteiger partial charge < -0.3 is 5.32 Å². The van der Waals surface area contributed by atoms with Gasteiger partial charge in [0.2, 0.25) is 10.0 Å². The molecule has 1 fully saturated rings. The van der Waals surface area contributed by atoms with Crippen molar-refractivity contribution in [2.24, 2.45) is 5.92 Å². The van der Waals surface area contributed by atoms with Crippen LogP contribution in [0, 0.1) is 17.6 Å². The molecule has 0 bridgehead atoms. The second-order valence-corrected chi connectivity index (χ2v) is 6.56. The van der Waals surface area contributed by atoms with Crippen LogP contribution in [0.5, 0.6) is 0 Å². The van der Waals surface area contributed by atoms with Gasteiger partial charge in [-0.3, -0.25) is 0 Å². The zero-order valence-corrected chi connectivity index (χ0v) is 11.4. The van der Waals surface area contributed by atoms with Crippen molar-refractivity contribution in [3.8, 4) is 0 Å². The van der Waals surface area contributed by atoms with Crippen molar-refractivity contribution in [1.82, 2.24) is 9.62 Å². The molecule has 19 heavy (non-hydrogen) atoms. The quantitative estimate of drug-likeness (QED) is 0.906. The van der Waals surface area contributed by atoms with Gasteiger partial charge in [-0.1, -0.05) is 0 Å². The van der Waals surface area contributed by atoms with Crippen LogP contribution in [0.3, 0.4) is 0 Å². The Labute approximate surface area is 111 Å². The Morgan fingerprint density at radius 2 is 2.16 bits per heavy atom. The molecule has 0 spiro atoms. The number of hydrogen-bond donors (Lipinski definition) is 1. The van der Waals surface area contributed by atoms with Crippen molar-refractivity contribution in [2.45, 2.75) is 11.3 Å². The SMILES string of the molecule is CNCC1CCN(S(=O)(=O)c2ccc(F)cc2F)C1. The zero-order chi connectivity index (χ0) is 14.0. The Balaban J connectivity index is 2.23. The minimum absolute atomic E-state index is 0.225. The molecule has 106 valence electrons. The highest BCUT2D eigenvalue weighted by atomic mass is 32.2. The van der Waals surface area contributed by atoms with E-state index in [4.69, 9.17) is 0 Å². The molecule has 1 heterocycles. The molecule has 7 heteroatoms. The predicted molar refractivity (Wildman–Crippen MR) is 67.2 cm³/mol. The molecular formula is C12H16F2N2O2S. The highest BCUT2D eigenvalue weighted by molar-refractivity contribution is 7.89. The average Bonchev–Trinajstić information content (AvgIpc) is 2.78. The van der Waals surface area contributed by atoms with Crippen LogP contribution in [0.4, 0.5) is 8.78 Å². The van der Waals surface area contributed by atoms with Crippen molar-refractivity contribution >= 4 is 10.0 Å². The third-order valence-corrected chi connectivity index (χ3v) is 5.15. The first-order valence-electron chi connectivity index (χ1n) is 6.05. The summed E-state index contributed by atoms with van der Waals surface area (Å²) in [5.74, 6) is -1.61. The minimum Gasteiger partial charge on any atom is -0.319 e. The average molecular weight is 290 g/mol. The van der Waals surface area contributed by atoms with E-state index in [2.05, 4.69) is 5.32 Å². The van der Waals surface area contributed by atoms with Crippen LogP contribution in [0.15, 0.2) is 23.1 Å². The first kappa shape index (κ1) is 14.4. The lowest BCUT2D eigenvalue weighted by Crippen LogP contribution is -2.31. The predicted octanol–water partition coefficient (Wildman–Crippen LogP) is 1.19. The number of nitrogens with one attached hydrogen (secondary N) is 1. The van der Waals surface area contributed by atoms with Crippen LogP contribution in [0.1, 0.15) is 6.42 Å². The third-order valence-electron chi connectivity index (χ3n) is 3.25. The maximum atomic E-state index is 13.6. The van der Waals surface area contributed by atoms with Crippen molar-refractivity contribution in [3.05, 3.63) is 29.8 Å². The number of hydrogen-bond acceptors (Lipinski definition) is 3. The monoisotopic (exact) mass is 290 g/mol. The summed E-state index contributed by atoms with van der Waals surface area (Å²) in [5, 5.41) is 3.00. The van der Waals surface area contributed by atoms with Crippen LogP contribution in [-0.4, -0.2) is 39.4 Å². The van der Waals surface area contributed by atoms with Crippen molar-refractivity contribution in [3.63, 3.8) is 0 Å². The topological polar surface area (TPSA) is 49.4 Å². The van der Waals surface area contributed by atoms with Crippen LogP contribution in [-0.2, 0) is 10.0 Å². The van der Waals surface area contributed by atoms with Gasteiger partial charge in [0.25, 0.3) is 0 Å². The van der Waals surface area contributed by atoms with E-state index in [1.807, 2.05) is 0 Å². The molecule has 0 aromatic heterocycles. The van der Waals surface area contributed by atoms with E-state index in [1.54, 1.807) is 7.05 Å². The molecule has 1 unspecified atom stereocenters. The molecule has 1 aliphatic heterocycles. The first-order chi connectivity index (χ1) is 8.95. The number of benzene rings is 1. The van der Waals surface area contributed by atoms with E-state index in [0.29, 0.717) is 19.2 Å². The lowest BCUT2D eigenvalue weighted by atomic mass is 10.1. The summed E-state index contributed by atoms with van der Waals surface area (Å²) in [7, 11) is -2.07. The summed E-state index contributed by atoms with van der Waals surface area (Å²) in [6.45, 7) is 1.45. The van der Waals surface area contributed by atoms with E-state index in [9.17, 15) is 17.2 Å². The lowest BCUT2D eigenvalue weighted by molar-refractivity contribution is 0.445. The molecule has 4 nitrogen and oxygen atoms in total. The first-order valence-corrected chi connectivity index (χ1v) is 7.49. The fourth-order valence-electron chi connectivity index (χ4n) is 2.29. The van der Waals surface area contributed by atoms with Crippen LogP contribution < -0.4 is 5.32 Å². The largest absolute Gasteiger partial charge is 0.319 e. The van der Waals surface area contributed by atoms with Gasteiger partial charge in [0.05, 0.1) is 0 Å². The molecule has 1 atom stereocenters. The molecule has 1 saturated heterocycles. The second-order valence-electron chi connectivity index (χ2n) is 4.65. The summed E-state index contributed by atoms with van der Waals surface area (Å²) >= 11 is 0. The van der Waals surface area contributed by atoms with E-state index in [0.717, 1.165) is 25.1 Å². The van der Waals surface area contributed by atoms with Gasteiger partial charge in [-0.05, 0) is 38.1 Å². The molecule has 1 aromatic carbocycles. The standard InChI is InChI=1S/C12H16F2N2O2S/c1-15-7-9-4-5-16(8-9)19(17,18)12-3-2-10(13)6-11(12)14/h2-3,6,9,15H,4-5,7-8H2,1H3. The van der Waals surface area contributed by atoms with Gasteiger partial charge in [-0.25, -0.2) is 17.2 Å². The van der Waals surface area contributed by atoms with Gasteiger partial charge in [-0.2, -0.15) is 4.31 Å². The van der Waals surface area contributed by atoms with E-state index in [-0.39, 0.29) is 5.92 Å². The highest BCUT2D eigenvalue weighted by Crippen LogP contribution is 2.25. The van der Waals surface area contributed by atoms with Crippen molar-refractivity contribution in [1.29, 1.82) is 0 Å². The van der Waals surface area contributed by atoms with E-state index >= 15 is 0 Å². The Morgan fingerprint density at radius 3 is 2.79 bits per heavy atom.